The highest BCUT2D eigenvalue weighted by Gasteiger charge is 2.30. The number of fused-ring (bicyclic) bond motifs is 1. The van der Waals surface area contributed by atoms with Crippen LogP contribution in [0.15, 0.2) is 36.4 Å². The molecule has 0 radical (unpaired) electrons. The molecule has 1 saturated heterocycles. The second-order valence-electron chi connectivity index (χ2n) is 6.66. The Hall–Kier alpha value is -2.56. The van der Waals surface area contributed by atoms with Crippen LogP contribution < -0.4 is 4.74 Å². The van der Waals surface area contributed by atoms with E-state index in [1.54, 1.807) is 12.0 Å². The van der Waals surface area contributed by atoms with Gasteiger partial charge in [0.1, 0.15) is 5.75 Å². The van der Waals surface area contributed by atoms with Crippen LogP contribution in [-0.2, 0) is 9.59 Å². The molecule has 2 atom stereocenters. The van der Waals surface area contributed by atoms with Crippen molar-refractivity contribution in [3.8, 4) is 5.75 Å². The van der Waals surface area contributed by atoms with Crippen molar-refractivity contribution in [2.45, 2.75) is 25.7 Å². The van der Waals surface area contributed by atoms with Gasteiger partial charge in [0.15, 0.2) is 0 Å². The summed E-state index contributed by atoms with van der Waals surface area (Å²) in [5.41, 5.74) is 0.945. The third kappa shape index (κ3) is 3.60. The zero-order valence-electron chi connectivity index (χ0n) is 14.6. The maximum Gasteiger partial charge on any atom is 0.308 e. The number of carboxylic acids is 1. The van der Waals surface area contributed by atoms with E-state index < -0.39 is 11.9 Å². The van der Waals surface area contributed by atoms with E-state index in [0.29, 0.717) is 19.5 Å². The average molecular weight is 341 g/mol. The first-order chi connectivity index (χ1) is 12.0. The molecular weight excluding hydrogens is 318 g/mol. The number of nitrogens with zero attached hydrogens (tertiary/aromatic N) is 1. The molecule has 2 aromatic rings. The highest BCUT2D eigenvalue weighted by atomic mass is 16.5. The second kappa shape index (κ2) is 7.13. The topological polar surface area (TPSA) is 66.8 Å². The third-order valence-corrected chi connectivity index (χ3v) is 5.02. The fourth-order valence-corrected chi connectivity index (χ4v) is 3.43. The van der Waals surface area contributed by atoms with Gasteiger partial charge in [-0.2, -0.15) is 0 Å². The van der Waals surface area contributed by atoms with Crippen LogP contribution in [0.1, 0.15) is 31.2 Å². The molecule has 0 spiro atoms. The Balaban J connectivity index is 1.79. The summed E-state index contributed by atoms with van der Waals surface area (Å²) >= 11 is 0. The standard InChI is InChI=1S/C20H23NO4/c1-13(19(22)21-9-3-4-17(12-21)20(23)24)14-5-6-16-11-18(25-2)8-7-15(16)10-14/h5-8,10-11,13,17H,3-4,9,12H2,1-2H3,(H,23,24)/t13?,17-/m0/s1. The van der Waals surface area contributed by atoms with Crippen LogP contribution in [0.4, 0.5) is 0 Å². The normalized spacial score (nSPS) is 18.8. The van der Waals surface area contributed by atoms with Crippen LogP contribution in [0.5, 0.6) is 5.75 Å². The molecule has 5 nitrogen and oxygen atoms in total. The van der Waals surface area contributed by atoms with Gasteiger partial charge < -0.3 is 14.7 Å². The molecule has 1 aliphatic heterocycles. The van der Waals surface area contributed by atoms with Crippen molar-refractivity contribution in [1.82, 2.24) is 4.90 Å². The van der Waals surface area contributed by atoms with Gasteiger partial charge in [-0.05, 0) is 48.2 Å². The van der Waals surface area contributed by atoms with Crippen molar-refractivity contribution in [3.63, 3.8) is 0 Å². The van der Waals surface area contributed by atoms with Crippen LogP contribution in [0.25, 0.3) is 10.8 Å². The summed E-state index contributed by atoms with van der Waals surface area (Å²) in [4.78, 5) is 25.7. The smallest absolute Gasteiger partial charge is 0.308 e. The van der Waals surface area contributed by atoms with Gasteiger partial charge in [0.05, 0.1) is 18.9 Å². The number of hydrogen-bond donors (Lipinski definition) is 1. The fraction of sp³-hybridized carbons (Fsp3) is 0.400. The van der Waals surface area contributed by atoms with E-state index in [0.717, 1.165) is 28.5 Å². The number of hydrogen-bond acceptors (Lipinski definition) is 3. The Bertz CT molecular complexity index is 801. The summed E-state index contributed by atoms with van der Waals surface area (Å²) in [5, 5.41) is 11.3. The zero-order chi connectivity index (χ0) is 18.0. The van der Waals surface area contributed by atoms with Crippen LogP contribution in [0, 0.1) is 5.92 Å². The molecule has 0 aromatic heterocycles. The molecular formula is C20H23NO4. The van der Waals surface area contributed by atoms with E-state index in [1.807, 2.05) is 43.3 Å². The van der Waals surface area contributed by atoms with Gasteiger partial charge in [-0.15, -0.1) is 0 Å². The van der Waals surface area contributed by atoms with E-state index in [9.17, 15) is 14.7 Å². The number of carbonyl (C=O) groups is 2. The van der Waals surface area contributed by atoms with E-state index in [1.165, 1.54) is 0 Å². The first-order valence-corrected chi connectivity index (χ1v) is 8.59. The first-order valence-electron chi connectivity index (χ1n) is 8.59. The molecule has 0 saturated carbocycles. The Morgan fingerprint density at radius 2 is 1.92 bits per heavy atom. The Labute approximate surface area is 147 Å². The lowest BCUT2D eigenvalue weighted by molar-refractivity contribution is -0.146. The van der Waals surface area contributed by atoms with E-state index in [2.05, 4.69) is 0 Å². The molecule has 25 heavy (non-hydrogen) atoms. The summed E-state index contributed by atoms with van der Waals surface area (Å²) in [6.45, 7) is 2.83. The molecule has 132 valence electrons. The molecule has 3 rings (SSSR count). The number of likely N-dealkylation sites (tertiary alicyclic amines) is 1. The second-order valence-corrected chi connectivity index (χ2v) is 6.66. The number of piperidine rings is 1. The first kappa shape index (κ1) is 17.3. The lowest BCUT2D eigenvalue weighted by Gasteiger charge is -2.32. The fourth-order valence-electron chi connectivity index (χ4n) is 3.43. The number of carbonyl (C=O) groups excluding carboxylic acids is 1. The van der Waals surface area contributed by atoms with Crippen LogP contribution in [0.2, 0.25) is 0 Å². The largest absolute Gasteiger partial charge is 0.497 e. The number of rotatable bonds is 4. The minimum Gasteiger partial charge on any atom is -0.497 e. The number of ether oxygens (including phenoxy) is 1. The lowest BCUT2D eigenvalue weighted by Crippen LogP contribution is -2.43. The van der Waals surface area contributed by atoms with Crippen molar-refractivity contribution < 1.29 is 19.4 Å². The van der Waals surface area contributed by atoms with Gasteiger partial charge in [0, 0.05) is 13.1 Å². The molecule has 1 unspecified atom stereocenters. The Morgan fingerprint density at radius 3 is 2.64 bits per heavy atom. The van der Waals surface area contributed by atoms with Crippen molar-refractivity contribution in [1.29, 1.82) is 0 Å². The molecule has 1 aliphatic rings. The molecule has 0 bridgehead atoms. The van der Waals surface area contributed by atoms with Gasteiger partial charge >= 0.3 is 5.97 Å². The molecule has 0 aliphatic carbocycles. The molecule has 1 heterocycles. The SMILES string of the molecule is COc1ccc2cc(C(C)C(=O)N3CCC[C@H](C(=O)O)C3)ccc2c1. The van der Waals surface area contributed by atoms with Crippen molar-refractivity contribution >= 4 is 22.6 Å². The summed E-state index contributed by atoms with van der Waals surface area (Å²) in [7, 11) is 1.64. The number of amides is 1. The Morgan fingerprint density at radius 1 is 1.20 bits per heavy atom. The van der Waals surface area contributed by atoms with Gasteiger partial charge in [-0.25, -0.2) is 0 Å². The molecule has 1 N–H and O–H groups in total. The predicted molar refractivity (Wildman–Crippen MR) is 95.9 cm³/mol. The van der Waals surface area contributed by atoms with Crippen LogP contribution >= 0.6 is 0 Å². The van der Waals surface area contributed by atoms with Crippen LogP contribution in [-0.4, -0.2) is 42.1 Å². The number of methoxy groups -OCH3 is 1. The van der Waals surface area contributed by atoms with Crippen LogP contribution in [0.3, 0.4) is 0 Å². The quantitative estimate of drug-likeness (QED) is 0.927. The number of benzene rings is 2. The Kier molecular flexibility index (Phi) is 4.93. The summed E-state index contributed by atoms with van der Waals surface area (Å²) in [6, 6.07) is 11.8. The molecule has 1 fully saturated rings. The van der Waals surface area contributed by atoms with E-state index >= 15 is 0 Å². The maximum atomic E-state index is 12.8. The van der Waals surface area contributed by atoms with E-state index in [-0.39, 0.29) is 11.8 Å². The van der Waals surface area contributed by atoms with Crippen molar-refractivity contribution in [2.75, 3.05) is 20.2 Å². The van der Waals surface area contributed by atoms with Gasteiger partial charge in [0.25, 0.3) is 0 Å². The predicted octanol–water partition coefficient (Wildman–Crippen LogP) is 3.28. The summed E-state index contributed by atoms with van der Waals surface area (Å²) in [5.74, 6) is -0.756. The van der Waals surface area contributed by atoms with Crippen molar-refractivity contribution in [3.05, 3.63) is 42.0 Å². The zero-order valence-corrected chi connectivity index (χ0v) is 14.6. The summed E-state index contributed by atoms with van der Waals surface area (Å²) in [6.07, 6.45) is 1.39. The minimum absolute atomic E-state index is 0.00110. The van der Waals surface area contributed by atoms with Gasteiger partial charge in [0.2, 0.25) is 5.91 Å². The highest BCUT2D eigenvalue weighted by Crippen LogP contribution is 2.27. The molecule has 2 aromatic carbocycles. The van der Waals surface area contributed by atoms with Gasteiger partial charge in [-0.3, -0.25) is 9.59 Å². The van der Waals surface area contributed by atoms with E-state index in [4.69, 9.17) is 4.74 Å². The monoisotopic (exact) mass is 341 g/mol. The summed E-state index contributed by atoms with van der Waals surface area (Å²) < 4.78 is 5.24. The maximum absolute atomic E-state index is 12.8. The van der Waals surface area contributed by atoms with Gasteiger partial charge in [-0.1, -0.05) is 24.3 Å². The highest BCUT2D eigenvalue weighted by molar-refractivity contribution is 5.88. The third-order valence-electron chi connectivity index (χ3n) is 5.02. The lowest BCUT2D eigenvalue weighted by atomic mass is 9.93. The molecule has 5 heteroatoms. The minimum atomic E-state index is -0.815. The number of aliphatic carboxylic acids is 1. The molecule has 1 amide bonds. The van der Waals surface area contributed by atoms with Crippen molar-refractivity contribution in [2.24, 2.45) is 5.92 Å². The average Bonchev–Trinajstić information content (AvgIpc) is 2.66. The number of carboxylic acid groups (broad SMARTS) is 1.